The van der Waals surface area contributed by atoms with E-state index in [1.165, 1.54) is 0 Å². The first-order valence-electron chi connectivity index (χ1n) is 6.49. The number of nitrogens with one attached hydrogen (secondary N) is 1. The summed E-state index contributed by atoms with van der Waals surface area (Å²) in [5, 5.41) is 2.29. The number of halogens is 8. The number of nitrogens with zero attached hydrogens (tertiary/aromatic N) is 1. The molecule has 0 spiro atoms. The fourth-order valence-electron chi connectivity index (χ4n) is 2.48. The first-order valence-corrected chi connectivity index (χ1v) is 6.86. The fraction of sp³-hybridized carbons (Fsp3) is 0.538. The van der Waals surface area contributed by atoms with Gasteiger partial charge in [-0.3, -0.25) is 4.90 Å². The largest absolute Gasteiger partial charge is 0.417 e. The monoisotopic (exact) mass is 382 g/mol. The highest BCUT2D eigenvalue weighted by atomic mass is 35.5. The lowest BCUT2D eigenvalue weighted by atomic mass is 10.0. The number of piperazine rings is 1. The van der Waals surface area contributed by atoms with Gasteiger partial charge in [-0.25, -0.2) is 0 Å². The third kappa shape index (κ3) is 4.89. The van der Waals surface area contributed by atoms with Gasteiger partial charge in [0.25, 0.3) is 0 Å². The molecule has 1 fully saturated rings. The van der Waals surface area contributed by atoms with Crippen LogP contribution in [0.4, 0.5) is 26.3 Å². The predicted octanol–water partition coefficient (Wildman–Crippen LogP) is 4.29. The zero-order valence-electron chi connectivity index (χ0n) is 11.6. The van der Waals surface area contributed by atoms with Crippen molar-refractivity contribution in [2.45, 2.75) is 18.4 Å². The van der Waals surface area contributed by atoms with Crippen molar-refractivity contribution >= 4 is 24.0 Å². The minimum Gasteiger partial charge on any atom is -0.314 e. The molecule has 0 saturated carbocycles. The van der Waals surface area contributed by atoms with E-state index in [1.54, 1.807) is 0 Å². The van der Waals surface area contributed by atoms with Gasteiger partial charge in [-0.05, 0) is 17.7 Å². The molecule has 0 unspecified atom stereocenters. The Hall–Kier alpha value is -0.700. The van der Waals surface area contributed by atoms with E-state index >= 15 is 0 Å². The summed E-state index contributed by atoms with van der Waals surface area (Å²) in [7, 11) is 0. The highest BCUT2D eigenvalue weighted by Crippen LogP contribution is 2.41. The van der Waals surface area contributed by atoms with Crippen LogP contribution in [-0.4, -0.2) is 37.3 Å². The van der Waals surface area contributed by atoms with Crippen LogP contribution in [0.25, 0.3) is 0 Å². The second kappa shape index (κ2) is 7.46. The Labute approximate surface area is 140 Å². The van der Waals surface area contributed by atoms with Crippen LogP contribution in [0.1, 0.15) is 17.2 Å². The van der Waals surface area contributed by atoms with Crippen molar-refractivity contribution in [2.75, 3.05) is 26.2 Å². The molecule has 0 aromatic heterocycles. The summed E-state index contributed by atoms with van der Waals surface area (Å²) in [6.45, 7) is 0.918. The average molecular weight is 383 g/mol. The van der Waals surface area contributed by atoms with E-state index in [0.29, 0.717) is 19.2 Å². The van der Waals surface area contributed by atoms with E-state index in [2.05, 4.69) is 5.32 Å². The van der Waals surface area contributed by atoms with Crippen LogP contribution in [0.2, 0.25) is 5.02 Å². The van der Waals surface area contributed by atoms with Gasteiger partial charge in [0.15, 0.2) is 0 Å². The van der Waals surface area contributed by atoms with Gasteiger partial charge in [0.2, 0.25) is 0 Å². The summed E-state index contributed by atoms with van der Waals surface area (Å²) in [5.41, 5.74) is -1.71. The topological polar surface area (TPSA) is 15.3 Å². The van der Waals surface area contributed by atoms with Crippen molar-refractivity contribution in [2.24, 2.45) is 0 Å². The predicted molar refractivity (Wildman–Crippen MR) is 76.9 cm³/mol. The molecule has 2 rings (SSSR count). The maximum absolute atomic E-state index is 13.3. The smallest absolute Gasteiger partial charge is 0.314 e. The molecule has 0 radical (unpaired) electrons. The van der Waals surface area contributed by atoms with E-state index in [0.717, 1.165) is 17.0 Å². The van der Waals surface area contributed by atoms with Crippen molar-refractivity contribution in [3.8, 4) is 0 Å². The molecule has 1 aliphatic heterocycles. The molecule has 23 heavy (non-hydrogen) atoms. The van der Waals surface area contributed by atoms with Gasteiger partial charge < -0.3 is 5.32 Å². The quantitative estimate of drug-likeness (QED) is 0.767. The summed E-state index contributed by atoms with van der Waals surface area (Å²) in [6.07, 6.45) is -9.47. The zero-order chi connectivity index (χ0) is 16.5. The number of hydrogen-bond acceptors (Lipinski definition) is 2. The highest BCUT2D eigenvalue weighted by Gasteiger charge is 2.46. The molecule has 1 aromatic rings. The van der Waals surface area contributed by atoms with Crippen LogP contribution in [-0.2, 0) is 6.18 Å². The number of rotatable bonds is 2. The van der Waals surface area contributed by atoms with Crippen molar-refractivity contribution < 1.29 is 26.3 Å². The van der Waals surface area contributed by atoms with Crippen molar-refractivity contribution in [3.05, 3.63) is 34.3 Å². The molecule has 1 N–H and O–H groups in total. The molecular formula is C13H14Cl2F6N2. The van der Waals surface area contributed by atoms with Gasteiger partial charge in [0.1, 0.15) is 6.04 Å². The summed E-state index contributed by atoms with van der Waals surface area (Å²) < 4.78 is 78.6. The second-order valence-corrected chi connectivity index (χ2v) is 5.37. The molecule has 2 nitrogen and oxygen atoms in total. The van der Waals surface area contributed by atoms with Gasteiger partial charge in [0, 0.05) is 26.2 Å². The molecule has 1 saturated heterocycles. The van der Waals surface area contributed by atoms with Crippen LogP contribution in [0, 0.1) is 0 Å². The minimum absolute atomic E-state index is 0. The average Bonchev–Trinajstić information content (AvgIpc) is 2.39. The lowest BCUT2D eigenvalue weighted by Gasteiger charge is -2.36. The zero-order valence-corrected chi connectivity index (χ0v) is 13.2. The molecule has 0 amide bonds. The third-order valence-electron chi connectivity index (χ3n) is 3.44. The first kappa shape index (κ1) is 20.3. The number of alkyl halides is 6. The van der Waals surface area contributed by atoms with Crippen LogP contribution in [0.5, 0.6) is 0 Å². The Morgan fingerprint density at radius 2 is 1.61 bits per heavy atom. The first-order chi connectivity index (χ1) is 10.1. The van der Waals surface area contributed by atoms with Crippen LogP contribution in [0.15, 0.2) is 18.2 Å². The van der Waals surface area contributed by atoms with Gasteiger partial charge in [-0.2, -0.15) is 26.3 Å². The lowest BCUT2D eigenvalue weighted by molar-refractivity contribution is -0.188. The minimum atomic E-state index is -4.80. The van der Waals surface area contributed by atoms with Gasteiger partial charge >= 0.3 is 12.4 Å². The van der Waals surface area contributed by atoms with E-state index in [9.17, 15) is 26.3 Å². The van der Waals surface area contributed by atoms with Crippen LogP contribution >= 0.6 is 24.0 Å². The fourth-order valence-corrected chi connectivity index (χ4v) is 2.70. The lowest BCUT2D eigenvalue weighted by Crippen LogP contribution is -2.49. The molecule has 1 aromatic carbocycles. The molecule has 1 heterocycles. The van der Waals surface area contributed by atoms with Crippen molar-refractivity contribution in [1.29, 1.82) is 0 Å². The Bertz CT molecular complexity index is 526. The van der Waals surface area contributed by atoms with Crippen molar-refractivity contribution in [3.63, 3.8) is 0 Å². The van der Waals surface area contributed by atoms with Crippen molar-refractivity contribution in [1.82, 2.24) is 10.2 Å². The molecule has 10 heteroatoms. The Kier molecular flexibility index (Phi) is 6.60. The highest BCUT2D eigenvalue weighted by molar-refractivity contribution is 6.31. The number of benzene rings is 1. The van der Waals surface area contributed by atoms with Gasteiger partial charge in [-0.1, -0.05) is 17.7 Å². The summed E-state index contributed by atoms with van der Waals surface area (Å²) >= 11 is 5.46. The van der Waals surface area contributed by atoms with E-state index in [1.807, 2.05) is 0 Å². The maximum Gasteiger partial charge on any atom is 0.417 e. The standard InChI is InChI=1S/C13H13ClF6N2.ClH/c14-10-2-1-8(7-9(10)12(15,16)17)11(13(18,19)20)22-5-3-21-4-6-22;/h1-2,7,11,21H,3-6H2;1H/t11-;/m1./s1. The summed E-state index contributed by atoms with van der Waals surface area (Å²) in [4.78, 5) is 1.12. The third-order valence-corrected chi connectivity index (χ3v) is 3.77. The summed E-state index contributed by atoms with van der Waals surface area (Å²) in [6, 6.07) is 0.272. The normalized spacial score (nSPS) is 18.4. The van der Waals surface area contributed by atoms with E-state index in [4.69, 9.17) is 11.6 Å². The Morgan fingerprint density at radius 1 is 1.04 bits per heavy atom. The van der Waals surface area contributed by atoms with Crippen LogP contribution in [0.3, 0.4) is 0 Å². The summed E-state index contributed by atoms with van der Waals surface area (Å²) in [5.74, 6) is 0. The van der Waals surface area contributed by atoms with E-state index in [-0.39, 0.29) is 25.5 Å². The van der Waals surface area contributed by atoms with Gasteiger partial charge in [0.05, 0.1) is 10.6 Å². The molecular weight excluding hydrogens is 369 g/mol. The van der Waals surface area contributed by atoms with E-state index < -0.39 is 34.5 Å². The molecule has 1 aliphatic rings. The maximum atomic E-state index is 13.3. The molecule has 0 aliphatic carbocycles. The second-order valence-electron chi connectivity index (χ2n) is 4.97. The molecule has 0 bridgehead atoms. The SMILES string of the molecule is Cl.FC(F)(F)c1cc([C@@H](N2CCNCC2)C(F)(F)F)ccc1Cl. The Balaban J connectivity index is 0.00000264. The van der Waals surface area contributed by atoms with Gasteiger partial charge in [-0.15, -0.1) is 12.4 Å². The molecule has 132 valence electrons. The molecule has 1 atom stereocenters. The van der Waals surface area contributed by atoms with Crippen LogP contribution < -0.4 is 5.32 Å². The number of hydrogen-bond donors (Lipinski definition) is 1. The Morgan fingerprint density at radius 3 is 2.09 bits per heavy atom.